The van der Waals surface area contributed by atoms with E-state index in [-0.39, 0.29) is 5.28 Å². The highest BCUT2D eigenvalue weighted by atomic mass is 35.5. The van der Waals surface area contributed by atoms with Crippen LogP contribution in [-0.4, -0.2) is 27.6 Å². The Labute approximate surface area is 101 Å². The summed E-state index contributed by atoms with van der Waals surface area (Å²) in [6.07, 6.45) is 2.00. The van der Waals surface area contributed by atoms with Crippen molar-refractivity contribution in [2.24, 2.45) is 5.10 Å². The Morgan fingerprint density at radius 3 is 2.80 bits per heavy atom. The largest absolute Gasteiger partial charge is 0.248 e. The van der Waals surface area contributed by atoms with Crippen LogP contribution < -0.4 is 5.01 Å². The normalized spacial score (nSPS) is 14.9. The smallest absolute Gasteiger partial charge is 0.224 e. The topological polar surface area (TPSA) is 41.4 Å². The first kappa shape index (κ1) is 11.0. The maximum absolute atomic E-state index is 5.81. The molecule has 7 heteroatoms. The van der Waals surface area contributed by atoms with E-state index >= 15 is 0 Å². The number of hydrogen-bond donors (Lipinski definition) is 0. The lowest BCUT2D eigenvalue weighted by Crippen LogP contribution is -2.18. The number of nitrogens with zero attached hydrogens (tertiary/aromatic N) is 4. The Balaban J connectivity index is 2.51. The highest BCUT2D eigenvalue weighted by Gasteiger charge is 2.21. The van der Waals surface area contributed by atoms with Crippen molar-refractivity contribution in [1.29, 1.82) is 0 Å². The molecule has 80 valence electrons. The van der Waals surface area contributed by atoms with Gasteiger partial charge in [-0.3, -0.25) is 0 Å². The summed E-state index contributed by atoms with van der Waals surface area (Å²) >= 11 is 9.00. The van der Waals surface area contributed by atoms with E-state index in [1.165, 1.54) is 0 Å². The molecule has 0 aromatic carbocycles. The van der Waals surface area contributed by atoms with Gasteiger partial charge < -0.3 is 0 Å². The van der Waals surface area contributed by atoms with Crippen LogP contribution in [0.3, 0.4) is 0 Å². The standard InChI is InChI=1S/C8H9ClN4S2/c1-4-5-6(11-7(9)10-4)13(2)12-8(14-3)15-5/h1-3H3. The van der Waals surface area contributed by atoms with Gasteiger partial charge in [0.2, 0.25) is 5.28 Å². The first-order chi connectivity index (χ1) is 7.11. The summed E-state index contributed by atoms with van der Waals surface area (Å²) in [6, 6.07) is 0. The quantitative estimate of drug-likeness (QED) is 0.671. The van der Waals surface area contributed by atoms with Gasteiger partial charge in [0.1, 0.15) is 0 Å². The number of thioether (sulfide) groups is 2. The second-order valence-corrected chi connectivity index (χ2v) is 5.32. The molecule has 0 atom stereocenters. The first-order valence-electron chi connectivity index (χ1n) is 4.20. The SMILES string of the molecule is CSC1=NN(C)c2nc(Cl)nc(C)c2S1. The molecule has 15 heavy (non-hydrogen) atoms. The van der Waals surface area contributed by atoms with Crippen LogP contribution >= 0.6 is 35.1 Å². The maximum Gasteiger partial charge on any atom is 0.224 e. The molecule has 2 heterocycles. The van der Waals surface area contributed by atoms with E-state index in [1.54, 1.807) is 28.5 Å². The van der Waals surface area contributed by atoms with Crippen molar-refractivity contribution in [3.8, 4) is 0 Å². The van der Waals surface area contributed by atoms with E-state index in [0.29, 0.717) is 0 Å². The van der Waals surface area contributed by atoms with E-state index in [2.05, 4.69) is 15.1 Å². The Hall–Kier alpha value is -0.460. The Bertz CT molecular complexity index is 435. The van der Waals surface area contributed by atoms with Crippen LogP contribution in [0.25, 0.3) is 0 Å². The van der Waals surface area contributed by atoms with Crippen molar-refractivity contribution in [2.45, 2.75) is 11.8 Å². The molecule has 0 N–H and O–H groups in total. The van der Waals surface area contributed by atoms with E-state index in [4.69, 9.17) is 11.6 Å². The van der Waals surface area contributed by atoms with Gasteiger partial charge in [0.25, 0.3) is 0 Å². The Kier molecular flexibility index (Phi) is 3.08. The highest BCUT2D eigenvalue weighted by Crippen LogP contribution is 2.38. The summed E-state index contributed by atoms with van der Waals surface area (Å²) in [7, 11) is 1.86. The summed E-state index contributed by atoms with van der Waals surface area (Å²) in [5.41, 5.74) is 0.892. The Morgan fingerprint density at radius 2 is 2.13 bits per heavy atom. The van der Waals surface area contributed by atoms with Gasteiger partial charge in [-0.2, -0.15) is 10.1 Å². The molecule has 1 aliphatic heterocycles. The molecule has 0 saturated heterocycles. The number of fused-ring (bicyclic) bond motifs is 1. The summed E-state index contributed by atoms with van der Waals surface area (Å²) in [6.45, 7) is 1.93. The molecule has 4 nitrogen and oxygen atoms in total. The van der Waals surface area contributed by atoms with E-state index in [1.807, 2.05) is 20.2 Å². The third kappa shape index (κ3) is 2.07. The Morgan fingerprint density at radius 1 is 1.40 bits per heavy atom. The molecule has 0 spiro atoms. The van der Waals surface area contributed by atoms with Crippen molar-refractivity contribution >= 4 is 45.3 Å². The van der Waals surface area contributed by atoms with Gasteiger partial charge in [-0.15, -0.1) is 11.8 Å². The van der Waals surface area contributed by atoms with Gasteiger partial charge >= 0.3 is 0 Å². The van der Waals surface area contributed by atoms with Gasteiger partial charge in [-0.1, -0.05) is 11.8 Å². The summed E-state index contributed by atoms with van der Waals surface area (Å²) < 4.78 is 0.985. The molecule has 0 fully saturated rings. The van der Waals surface area contributed by atoms with Crippen LogP contribution in [0.5, 0.6) is 0 Å². The fourth-order valence-corrected chi connectivity index (χ4v) is 3.01. The second-order valence-electron chi connectivity index (χ2n) is 2.93. The predicted octanol–water partition coefficient (Wildman–Crippen LogP) is 2.61. The summed E-state index contributed by atoms with van der Waals surface area (Å²) in [5, 5.41) is 6.35. The third-order valence-electron chi connectivity index (χ3n) is 1.89. The van der Waals surface area contributed by atoms with Gasteiger partial charge in [0, 0.05) is 7.05 Å². The lowest BCUT2D eigenvalue weighted by Gasteiger charge is -2.22. The molecular weight excluding hydrogens is 252 g/mol. The zero-order valence-electron chi connectivity index (χ0n) is 8.48. The molecule has 0 bridgehead atoms. The lowest BCUT2D eigenvalue weighted by molar-refractivity contribution is 0.911. The molecule has 0 unspecified atom stereocenters. The molecule has 1 aromatic heterocycles. The number of aryl methyl sites for hydroxylation is 1. The molecule has 0 aliphatic carbocycles. The zero-order valence-corrected chi connectivity index (χ0v) is 10.9. The number of hydrogen-bond acceptors (Lipinski definition) is 6. The number of aromatic nitrogens is 2. The van der Waals surface area contributed by atoms with Crippen LogP contribution in [0.1, 0.15) is 5.69 Å². The number of halogens is 1. The minimum absolute atomic E-state index is 0.265. The molecule has 1 aromatic rings. The van der Waals surface area contributed by atoms with E-state index in [0.717, 1.165) is 20.8 Å². The van der Waals surface area contributed by atoms with Crippen molar-refractivity contribution in [1.82, 2.24) is 9.97 Å². The molecule has 2 rings (SSSR count). The van der Waals surface area contributed by atoms with Crippen molar-refractivity contribution < 1.29 is 0 Å². The first-order valence-corrected chi connectivity index (χ1v) is 6.62. The molecule has 0 saturated carbocycles. The van der Waals surface area contributed by atoms with Gasteiger partial charge in [-0.25, -0.2) is 9.99 Å². The molecule has 0 radical (unpaired) electrons. The number of anilines is 1. The van der Waals surface area contributed by atoms with Crippen LogP contribution in [0.4, 0.5) is 5.82 Å². The van der Waals surface area contributed by atoms with E-state index in [9.17, 15) is 0 Å². The van der Waals surface area contributed by atoms with Crippen LogP contribution in [0.2, 0.25) is 5.28 Å². The van der Waals surface area contributed by atoms with Crippen molar-refractivity contribution in [3.05, 3.63) is 11.0 Å². The van der Waals surface area contributed by atoms with E-state index < -0.39 is 0 Å². The monoisotopic (exact) mass is 260 g/mol. The molecule has 0 amide bonds. The third-order valence-corrected chi connectivity index (χ3v) is 4.18. The van der Waals surface area contributed by atoms with Crippen LogP contribution in [0, 0.1) is 6.92 Å². The summed E-state index contributed by atoms with van der Waals surface area (Å²) in [5.74, 6) is 0.773. The fraction of sp³-hybridized carbons (Fsp3) is 0.375. The lowest BCUT2D eigenvalue weighted by atomic mass is 10.4. The van der Waals surface area contributed by atoms with Gasteiger partial charge in [-0.05, 0) is 24.8 Å². The predicted molar refractivity (Wildman–Crippen MR) is 67.0 cm³/mol. The maximum atomic E-state index is 5.81. The summed E-state index contributed by atoms with van der Waals surface area (Å²) in [4.78, 5) is 9.33. The highest BCUT2D eigenvalue weighted by molar-refractivity contribution is 8.38. The average molecular weight is 261 g/mol. The van der Waals surface area contributed by atoms with Crippen molar-refractivity contribution in [2.75, 3.05) is 18.3 Å². The second kappa shape index (κ2) is 4.19. The van der Waals surface area contributed by atoms with Gasteiger partial charge in [0.15, 0.2) is 10.2 Å². The minimum atomic E-state index is 0.265. The number of rotatable bonds is 0. The van der Waals surface area contributed by atoms with Gasteiger partial charge in [0.05, 0.1) is 10.6 Å². The minimum Gasteiger partial charge on any atom is -0.248 e. The number of hydrazone groups is 1. The average Bonchev–Trinajstić information content (AvgIpc) is 2.19. The van der Waals surface area contributed by atoms with Crippen LogP contribution in [-0.2, 0) is 0 Å². The van der Waals surface area contributed by atoms with Crippen molar-refractivity contribution in [3.63, 3.8) is 0 Å². The fourth-order valence-electron chi connectivity index (χ4n) is 1.21. The van der Waals surface area contributed by atoms with Crippen LogP contribution in [0.15, 0.2) is 10.00 Å². The zero-order chi connectivity index (χ0) is 11.0. The molecule has 1 aliphatic rings. The molecular formula is C8H9ClN4S2.